The summed E-state index contributed by atoms with van der Waals surface area (Å²) >= 11 is 6.13. The highest BCUT2D eigenvalue weighted by molar-refractivity contribution is 6.30. The summed E-state index contributed by atoms with van der Waals surface area (Å²) in [7, 11) is 0. The monoisotopic (exact) mass is 438 g/mol. The summed E-state index contributed by atoms with van der Waals surface area (Å²) in [6.45, 7) is 4.76. The Morgan fingerprint density at radius 2 is 2.16 bits per heavy atom. The smallest absolute Gasteiger partial charge is 0.192 e. The molecule has 4 rings (SSSR count). The Labute approximate surface area is 187 Å². The summed E-state index contributed by atoms with van der Waals surface area (Å²) in [5, 5.41) is 15.9. The van der Waals surface area contributed by atoms with Gasteiger partial charge in [-0.3, -0.25) is 0 Å². The lowest BCUT2D eigenvalue weighted by Crippen LogP contribution is -2.42. The maximum atomic E-state index is 6.13. The van der Waals surface area contributed by atoms with E-state index in [1.807, 2.05) is 42.5 Å². The number of ether oxygens (including phenoxy) is 1. The molecule has 1 atom stereocenters. The number of aliphatic imine (C=N–C) groups is 1. The minimum Gasteiger partial charge on any atom is -0.493 e. The number of halogens is 1. The van der Waals surface area contributed by atoms with E-state index in [9.17, 15) is 0 Å². The standard InChI is InChI=1S/C23H27ClN6O/c1-2-22-29-27-16-30(22)12-11-25-23(26-15-17-6-5-7-18(24)14-17)28-20-10-13-31-21-9-4-3-8-19(20)21/h3-9,14,16,20H,2,10-13,15H2,1H3,(H2,25,26,28). The number of nitrogens with zero attached hydrogens (tertiary/aromatic N) is 4. The molecule has 0 saturated heterocycles. The number of aryl methyl sites for hydroxylation is 1. The second kappa shape index (κ2) is 10.3. The highest BCUT2D eigenvalue weighted by atomic mass is 35.5. The molecule has 2 N–H and O–H groups in total. The highest BCUT2D eigenvalue weighted by Crippen LogP contribution is 2.31. The Hall–Kier alpha value is -3.06. The number of guanidine groups is 1. The highest BCUT2D eigenvalue weighted by Gasteiger charge is 2.21. The molecule has 2 aromatic carbocycles. The van der Waals surface area contributed by atoms with E-state index in [0.29, 0.717) is 24.7 Å². The summed E-state index contributed by atoms with van der Waals surface area (Å²) in [5.41, 5.74) is 2.21. The summed E-state index contributed by atoms with van der Waals surface area (Å²) < 4.78 is 7.86. The Morgan fingerprint density at radius 3 is 3.03 bits per heavy atom. The maximum Gasteiger partial charge on any atom is 0.192 e. The molecule has 1 unspecified atom stereocenters. The molecule has 1 aliphatic rings. The molecule has 0 saturated carbocycles. The Balaban J connectivity index is 1.47. The van der Waals surface area contributed by atoms with Gasteiger partial charge in [-0.15, -0.1) is 10.2 Å². The average Bonchev–Trinajstić information content (AvgIpc) is 3.25. The zero-order valence-electron chi connectivity index (χ0n) is 17.6. The first-order valence-corrected chi connectivity index (χ1v) is 11.0. The van der Waals surface area contributed by atoms with Crippen LogP contribution in [0.1, 0.15) is 36.3 Å². The van der Waals surface area contributed by atoms with E-state index in [-0.39, 0.29) is 6.04 Å². The van der Waals surface area contributed by atoms with Gasteiger partial charge >= 0.3 is 0 Å². The summed E-state index contributed by atoms with van der Waals surface area (Å²) in [5.74, 6) is 2.66. The van der Waals surface area contributed by atoms with E-state index in [0.717, 1.165) is 48.0 Å². The second-order valence-corrected chi connectivity index (χ2v) is 7.82. The molecular weight excluding hydrogens is 412 g/mol. The van der Waals surface area contributed by atoms with Crippen LogP contribution in [0.3, 0.4) is 0 Å². The van der Waals surface area contributed by atoms with Crippen molar-refractivity contribution in [3.63, 3.8) is 0 Å². The normalized spacial score (nSPS) is 15.8. The van der Waals surface area contributed by atoms with Gasteiger partial charge in [0.15, 0.2) is 5.96 Å². The number of fused-ring (bicyclic) bond motifs is 1. The molecule has 162 valence electrons. The fraction of sp³-hybridized carbons (Fsp3) is 0.348. The summed E-state index contributed by atoms with van der Waals surface area (Å²) in [6.07, 6.45) is 3.50. The third kappa shape index (κ3) is 5.55. The molecule has 7 nitrogen and oxygen atoms in total. The van der Waals surface area contributed by atoms with Gasteiger partial charge in [0.05, 0.1) is 19.2 Å². The van der Waals surface area contributed by atoms with Crippen molar-refractivity contribution in [3.05, 3.63) is 76.8 Å². The van der Waals surface area contributed by atoms with Crippen LogP contribution in [0.25, 0.3) is 0 Å². The largest absolute Gasteiger partial charge is 0.493 e. The van der Waals surface area contributed by atoms with Crippen molar-refractivity contribution < 1.29 is 4.74 Å². The van der Waals surface area contributed by atoms with Gasteiger partial charge in [-0.2, -0.15) is 0 Å². The average molecular weight is 439 g/mol. The summed E-state index contributed by atoms with van der Waals surface area (Å²) in [4.78, 5) is 4.82. The number of para-hydroxylation sites is 1. The Kier molecular flexibility index (Phi) is 7.04. The number of hydrogen-bond donors (Lipinski definition) is 2. The maximum absolute atomic E-state index is 6.13. The van der Waals surface area contributed by atoms with E-state index in [1.165, 1.54) is 0 Å². The number of nitrogens with one attached hydrogen (secondary N) is 2. The SMILES string of the molecule is CCc1nncn1CCNC(=NCc1cccc(Cl)c1)NC1CCOc2ccccc21. The third-order valence-corrected chi connectivity index (χ3v) is 5.47. The van der Waals surface area contributed by atoms with Gasteiger partial charge in [-0.1, -0.05) is 48.9 Å². The second-order valence-electron chi connectivity index (χ2n) is 7.39. The van der Waals surface area contributed by atoms with Gasteiger partial charge in [0, 0.05) is 36.5 Å². The van der Waals surface area contributed by atoms with E-state index >= 15 is 0 Å². The molecule has 1 aromatic heterocycles. The lowest BCUT2D eigenvalue weighted by atomic mass is 10.0. The lowest BCUT2D eigenvalue weighted by molar-refractivity contribution is 0.261. The van der Waals surface area contributed by atoms with Crippen LogP contribution >= 0.6 is 11.6 Å². The molecule has 0 aliphatic carbocycles. The molecule has 31 heavy (non-hydrogen) atoms. The van der Waals surface area contributed by atoms with E-state index in [2.05, 4.69) is 38.4 Å². The molecule has 0 spiro atoms. The minimum absolute atomic E-state index is 0.136. The predicted molar refractivity (Wildman–Crippen MR) is 122 cm³/mol. The number of aromatic nitrogens is 3. The van der Waals surface area contributed by atoms with Gasteiger partial charge in [-0.05, 0) is 23.8 Å². The van der Waals surface area contributed by atoms with E-state index in [1.54, 1.807) is 6.33 Å². The molecule has 0 fully saturated rings. The van der Waals surface area contributed by atoms with Crippen LogP contribution in [0.2, 0.25) is 5.02 Å². The van der Waals surface area contributed by atoms with E-state index in [4.69, 9.17) is 21.3 Å². The first kappa shape index (κ1) is 21.2. The van der Waals surface area contributed by atoms with Gasteiger partial charge < -0.3 is 19.9 Å². The topological polar surface area (TPSA) is 76.4 Å². The van der Waals surface area contributed by atoms with Crippen molar-refractivity contribution in [1.82, 2.24) is 25.4 Å². The van der Waals surface area contributed by atoms with E-state index < -0.39 is 0 Å². The van der Waals surface area contributed by atoms with Gasteiger partial charge in [0.1, 0.15) is 17.9 Å². The van der Waals surface area contributed by atoms with Crippen molar-refractivity contribution in [2.24, 2.45) is 4.99 Å². The Bertz CT molecular complexity index is 1030. The fourth-order valence-electron chi connectivity index (χ4n) is 3.65. The first-order valence-electron chi connectivity index (χ1n) is 10.6. The molecule has 0 radical (unpaired) electrons. The van der Waals surface area contributed by atoms with Gasteiger partial charge in [0.25, 0.3) is 0 Å². The van der Waals surface area contributed by atoms with Gasteiger partial charge in [-0.25, -0.2) is 4.99 Å². The molecular formula is C23H27ClN6O. The molecule has 0 amide bonds. The predicted octanol–water partition coefficient (Wildman–Crippen LogP) is 3.75. The van der Waals surface area contributed by atoms with Crippen LogP contribution in [0, 0.1) is 0 Å². The molecule has 2 heterocycles. The molecule has 8 heteroatoms. The summed E-state index contributed by atoms with van der Waals surface area (Å²) in [6, 6.07) is 16.1. The van der Waals surface area contributed by atoms with Gasteiger partial charge in [0.2, 0.25) is 0 Å². The number of hydrogen-bond acceptors (Lipinski definition) is 4. The van der Waals surface area contributed by atoms with Crippen LogP contribution in [0.5, 0.6) is 5.75 Å². The molecule has 0 bridgehead atoms. The van der Waals surface area contributed by atoms with Crippen molar-refractivity contribution in [2.45, 2.75) is 38.9 Å². The van der Waals surface area contributed by atoms with Crippen LogP contribution in [-0.4, -0.2) is 33.9 Å². The lowest BCUT2D eigenvalue weighted by Gasteiger charge is -2.28. The molecule has 3 aromatic rings. The Morgan fingerprint density at radius 1 is 1.26 bits per heavy atom. The quantitative estimate of drug-likeness (QED) is 0.434. The van der Waals surface area contributed by atoms with Crippen molar-refractivity contribution in [1.29, 1.82) is 0 Å². The van der Waals surface area contributed by atoms with Crippen LogP contribution in [-0.2, 0) is 19.5 Å². The fourth-order valence-corrected chi connectivity index (χ4v) is 3.86. The van der Waals surface area contributed by atoms with Crippen molar-refractivity contribution >= 4 is 17.6 Å². The van der Waals surface area contributed by atoms with Crippen molar-refractivity contribution in [2.75, 3.05) is 13.2 Å². The van der Waals surface area contributed by atoms with Crippen molar-refractivity contribution in [3.8, 4) is 5.75 Å². The number of benzene rings is 2. The third-order valence-electron chi connectivity index (χ3n) is 5.24. The first-order chi connectivity index (χ1) is 15.2. The van der Waals surface area contributed by atoms with Crippen LogP contribution in [0.4, 0.5) is 0 Å². The zero-order chi connectivity index (χ0) is 21.5. The van der Waals surface area contributed by atoms with Crippen LogP contribution in [0.15, 0.2) is 59.9 Å². The number of rotatable bonds is 7. The zero-order valence-corrected chi connectivity index (χ0v) is 18.3. The van der Waals surface area contributed by atoms with Crippen LogP contribution < -0.4 is 15.4 Å². The molecule has 1 aliphatic heterocycles. The minimum atomic E-state index is 0.136.